The zero-order valence-electron chi connectivity index (χ0n) is 18.0. The molecule has 2 aromatic rings. The lowest BCUT2D eigenvalue weighted by atomic mass is 10.1. The minimum atomic E-state index is -4.76. The molecule has 32 heavy (non-hydrogen) atoms. The van der Waals surface area contributed by atoms with Gasteiger partial charge in [0.15, 0.2) is 0 Å². The highest BCUT2D eigenvalue weighted by molar-refractivity contribution is 5.89. The lowest BCUT2D eigenvalue weighted by molar-refractivity contribution is -0.274. The monoisotopic (exact) mass is 452 g/mol. The van der Waals surface area contributed by atoms with Gasteiger partial charge in [-0.3, -0.25) is 4.90 Å². The van der Waals surface area contributed by atoms with Crippen molar-refractivity contribution in [2.45, 2.75) is 12.4 Å². The smallest absolute Gasteiger partial charge is 0.497 e. The molecular weight excluding hydrogens is 425 g/mol. The van der Waals surface area contributed by atoms with Gasteiger partial charge in [-0.25, -0.2) is 4.79 Å². The number of ether oxygens (including phenoxy) is 2. The fourth-order valence-electron chi connectivity index (χ4n) is 3.42. The van der Waals surface area contributed by atoms with Crippen molar-refractivity contribution in [3.05, 3.63) is 54.1 Å². The number of likely N-dealkylation sites (N-methyl/N-ethyl adjacent to an activating group) is 1. The van der Waals surface area contributed by atoms with Gasteiger partial charge in [-0.2, -0.15) is 0 Å². The summed E-state index contributed by atoms with van der Waals surface area (Å²) >= 11 is 0. The first-order valence-electron chi connectivity index (χ1n) is 10.2. The second-order valence-electron chi connectivity index (χ2n) is 7.60. The molecule has 3 rings (SSSR count). The molecule has 2 N–H and O–H groups in total. The topological polar surface area (TPSA) is 66.1 Å². The summed E-state index contributed by atoms with van der Waals surface area (Å²) in [6.07, 6.45) is -4.76. The molecule has 0 unspecified atom stereocenters. The molecule has 1 saturated heterocycles. The maximum absolute atomic E-state index is 12.6. The normalized spacial score (nSPS) is 16.3. The molecule has 1 fully saturated rings. The first kappa shape index (κ1) is 23.7. The second-order valence-corrected chi connectivity index (χ2v) is 7.60. The summed E-state index contributed by atoms with van der Waals surface area (Å²) < 4.78 is 46.0. The van der Waals surface area contributed by atoms with Crippen LogP contribution in [-0.2, 0) is 0 Å². The number of amides is 2. The summed E-state index contributed by atoms with van der Waals surface area (Å²) in [6, 6.07) is 11.7. The van der Waals surface area contributed by atoms with Crippen LogP contribution in [0.5, 0.6) is 11.5 Å². The van der Waals surface area contributed by atoms with Gasteiger partial charge >= 0.3 is 12.4 Å². The van der Waals surface area contributed by atoms with E-state index in [0.717, 1.165) is 49.6 Å². The Morgan fingerprint density at radius 1 is 1.00 bits per heavy atom. The lowest BCUT2D eigenvalue weighted by Gasteiger charge is -2.35. The number of nitrogens with zero attached hydrogens (tertiary/aromatic N) is 2. The maximum atomic E-state index is 12.6. The van der Waals surface area contributed by atoms with E-state index < -0.39 is 12.4 Å². The maximum Gasteiger partial charge on any atom is 0.573 e. The number of anilines is 1. The number of carbonyl (C=O) groups is 1. The molecule has 1 heterocycles. The van der Waals surface area contributed by atoms with E-state index in [1.165, 1.54) is 12.1 Å². The third kappa shape index (κ3) is 7.31. The van der Waals surface area contributed by atoms with Gasteiger partial charge in [0.2, 0.25) is 0 Å². The average Bonchev–Trinajstić information content (AvgIpc) is 2.75. The van der Waals surface area contributed by atoms with Crippen LogP contribution >= 0.6 is 0 Å². The van der Waals surface area contributed by atoms with Crippen molar-refractivity contribution < 1.29 is 27.4 Å². The second kappa shape index (κ2) is 10.6. The quantitative estimate of drug-likeness (QED) is 0.671. The van der Waals surface area contributed by atoms with Crippen LogP contribution in [0, 0.1) is 0 Å². The highest BCUT2D eigenvalue weighted by Crippen LogP contribution is 2.24. The molecule has 1 atom stereocenters. The molecule has 2 amide bonds. The molecule has 2 aromatic carbocycles. The van der Waals surface area contributed by atoms with Crippen molar-refractivity contribution in [2.75, 3.05) is 52.2 Å². The first-order chi connectivity index (χ1) is 15.2. The standard InChI is InChI=1S/C22H27F3N4O3/c1-28-11-13-29(14-12-28)15-20(16-3-7-18(31-2)8-4-16)27-21(30)26-17-5-9-19(10-6-17)32-22(23,24)25/h3-10,20H,11-15H2,1-2H3,(H2,26,27,30)/t20-/m1/s1. The third-order valence-electron chi connectivity index (χ3n) is 5.21. The Morgan fingerprint density at radius 3 is 2.16 bits per heavy atom. The number of rotatable bonds is 7. The molecule has 0 radical (unpaired) electrons. The summed E-state index contributed by atoms with van der Waals surface area (Å²) in [5.41, 5.74) is 1.28. The molecule has 0 aromatic heterocycles. The predicted molar refractivity (Wildman–Crippen MR) is 115 cm³/mol. The van der Waals surface area contributed by atoms with Crippen LogP contribution in [0.4, 0.5) is 23.7 Å². The van der Waals surface area contributed by atoms with Gasteiger partial charge in [0.05, 0.1) is 13.2 Å². The molecule has 0 aliphatic carbocycles. The van der Waals surface area contributed by atoms with Crippen LogP contribution < -0.4 is 20.1 Å². The van der Waals surface area contributed by atoms with Gasteiger partial charge in [0.25, 0.3) is 0 Å². The fraction of sp³-hybridized carbons (Fsp3) is 0.409. The van der Waals surface area contributed by atoms with Crippen LogP contribution in [0.25, 0.3) is 0 Å². The average molecular weight is 452 g/mol. The van der Waals surface area contributed by atoms with Crippen molar-refractivity contribution in [1.82, 2.24) is 15.1 Å². The Kier molecular flexibility index (Phi) is 7.81. The van der Waals surface area contributed by atoms with Crippen molar-refractivity contribution in [2.24, 2.45) is 0 Å². The van der Waals surface area contributed by atoms with Crippen molar-refractivity contribution in [1.29, 1.82) is 0 Å². The highest BCUT2D eigenvalue weighted by atomic mass is 19.4. The largest absolute Gasteiger partial charge is 0.573 e. The van der Waals surface area contributed by atoms with E-state index >= 15 is 0 Å². The first-order valence-corrected chi connectivity index (χ1v) is 10.2. The number of urea groups is 1. The Bertz CT molecular complexity index is 867. The van der Waals surface area contributed by atoms with E-state index in [4.69, 9.17) is 4.74 Å². The molecule has 10 heteroatoms. The Balaban J connectivity index is 1.65. The summed E-state index contributed by atoms with van der Waals surface area (Å²) in [5.74, 6) is 0.368. The number of hydrogen-bond donors (Lipinski definition) is 2. The molecular formula is C22H27F3N4O3. The number of methoxy groups -OCH3 is 1. The lowest BCUT2D eigenvalue weighted by Crippen LogP contribution is -2.48. The van der Waals surface area contributed by atoms with Gasteiger partial charge in [-0.05, 0) is 49.0 Å². The Morgan fingerprint density at radius 2 is 1.59 bits per heavy atom. The molecule has 0 saturated carbocycles. The van der Waals surface area contributed by atoms with E-state index in [-0.39, 0.29) is 11.8 Å². The number of carbonyl (C=O) groups excluding carboxylic acids is 1. The number of hydrogen-bond acceptors (Lipinski definition) is 5. The minimum Gasteiger partial charge on any atom is -0.497 e. The van der Waals surface area contributed by atoms with E-state index in [2.05, 4.69) is 32.2 Å². The van der Waals surface area contributed by atoms with Crippen molar-refractivity contribution in [3.8, 4) is 11.5 Å². The SMILES string of the molecule is COc1ccc([C@@H](CN2CCN(C)CC2)NC(=O)Nc2ccc(OC(F)(F)F)cc2)cc1. The summed E-state index contributed by atoms with van der Waals surface area (Å²) in [6.45, 7) is 4.33. The van der Waals surface area contributed by atoms with Crippen molar-refractivity contribution >= 4 is 11.7 Å². The molecule has 0 spiro atoms. The molecule has 174 valence electrons. The minimum absolute atomic E-state index is 0.280. The highest BCUT2D eigenvalue weighted by Gasteiger charge is 2.31. The van der Waals surface area contributed by atoms with Crippen LogP contribution in [0.2, 0.25) is 0 Å². The van der Waals surface area contributed by atoms with E-state index in [1.807, 2.05) is 24.3 Å². The zero-order chi connectivity index (χ0) is 23.1. The van der Waals surface area contributed by atoms with Gasteiger partial charge in [-0.1, -0.05) is 12.1 Å². The summed E-state index contributed by atoms with van der Waals surface area (Å²) in [5, 5.41) is 5.63. The fourth-order valence-corrected chi connectivity index (χ4v) is 3.42. The zero-order valence-corrected chi connectivity index (χ0v) is 18.0. The van der Waals surface area contributed by atoms with Gasteiger partial charge in [0.1, 0.15) is 11.5 Å². The van der Waals surface area contributed by atoms with Crippen LogP contribution in [0.15, 0.2) is 48.5 Å². The van der Waals surface area contributed by atoms with E-state index in [0.29, 0.717) is 12.2 Å². The molecule has 1 aliphatic heterocycles. The van der Waals surface area contributed by atoms with Crippen molar-refractivity contribution in [3.63, 3.8) is 0 Å². The number of alkyl halides is 3. The number of nitrogens with one attached hydrogen (secondary N) is 2. The van der Waals surface area contributed by atoms with Gasteiger partial charge in [0, 0.05) is 38.4 Å². The Labute approximate surface area is 185 Å². The number of piperazine rings is 1. The Hall–Kier alpha value is -2.98. The molecule has 7 nitrogen and oxygen atoms in total. The molecule has 0 bridgehead atoms. The van der Waals surface area contributed by atoms with Crippen LogP contribution in [0.3, 0.4) is 0 Å². The van der Waals surface area contributed by atoms with Gasteiger partial charge < -0.3 is 25.0 Å². The predicted octanol–water partition coefficient (Wildman–Crippen LogP) is 3.70. The molecule has 1 aliphatic rings. The van der Waals surface area contributed by atoms with Gasteiger partial charge in [-0.15, -0.1) is 13.2 Å². The van der Waals surface area contributed by atoms with Crippen LogP contribution in [0.1, 0.15) is 11.6 Å². The number of benzene rings is 2. The number of halogens is 3. The summed E-state index contributed by atoms with van der Waals surface area (Å²) in [7, 11) is 3.67. The van der Waals surface area contributed by atoms with E-state index in [9.17, 15) is 18.0 Å². The van der Waals surface area contributed by atoms with E-state index in [1.54, 1.807) is 7.11 Å². The van der Waals surface area contributed by atoms with Crippen LogP contribution in [-0.4, -0.2) is 69.1 Å². The third-order valence-corrected chi connectivity index (χ3v) is 5.21. The summed E-state index contributed by atoms with van der Waals surface area (Å²) in [4.78, 5) is 17.2.